The van der Waals surface area contributed by atoms with Crippen molar-refractivity contribution >= 4 is 46.0 Å². The quantitative estimate of drug-likeness (QED) is 0.318. The molecule has 3 aromatic carbocycles. The molecule has 0 amide bonds. The Morgan fingerprint density at radius 3 is 2.54 bits per heavy atom. The van der Waals surface area contributed by atoms with Crippen LogP contribution in [0.2, 0.25) is 0 Å². The van der Waals surface area contributed by atoms with Gasteiger partial charge in [0.1, 0.15) is 0 Å². The molecule has 2 N–H and O–H groups in total. The zero-order chi connectivity index (χ0) is 18.4. The second kappa shape index (κ2) is 8.22. The maximum atomic E-state index is 11.4. The Labute approximate surface area is 156 Å². The number of methoxy groups -OCH3 is 1. The van der Waals surface area contributed by atoms with E-state index in [9.17, 15) is 4.79 Å². The summed E-state index contributed by atoms with van der Waals surface area (Å²) in [6, 6.07) is 21.0. The van der Waals surface area contributed by atoms with Gasteiger partial charge >= 0.3 is 5.97 Å². The van der Waals surface area contributed by atoms with E-state index in [1.165, 1.54) is 7.11 Å². The number of thiocarbonyl (C=S) groups is 1. The fourth-order valence-corrected chi connectivity index (χ4v) is 2.66. The van der Waals surface area contributed by atoms with Crippen LogP contribution in [0.15, 0.2) is 71.8 Å². The van der Waals surface area contributed by atoms with E-state index < -0.39 is 0 Å². The normalized spacial score (nSPS) is 10.7. The van der Waals surface area contributed by atoms with Gasteiger partial charge in [-0.25, -0.2) is 4.79 Å². The molecule has 5 nitrogen and oxygen atoms in total. The molecular formula is C20H17N3O2S. The van der Waals surface area contributed by atoms with Gasteiger partial charge in [-0.05, 0) is 47.3 Å². The van der Waals surface area contributed by atoms with Crippen LogP contribution in [0.3, 0.4) is 0 Å². The van der Waals surface area contributed by atoms with Crippen LogP contribution >= 0.6 is 12.2 Å². The molecule has 0 aliphatic carbocycles. The fraction of sp³-hybridized carbons (Fsp3) is 0.0500. The number of rotatable bonds is 4. The fourth-order valence-electron chi connectivity index (χ4n) is 2.49. The van der Waals surface area contributed by atoms with Gasteiger partial charge < -0.3 is 10.1 Å². The highest BCUT2D eigenvalue weighted by molar-refractivity contribution is 7.80. The van der Waals surface area contributed by atoms with Crippen molar-refractivity contribution in [2.75, 3.05) is 12.4 Å². The number of esters is 1. The Balaban J connectivity index is 1.61. The number of carbonyl (C=O) groups is 1. The average Bonchev–Trinajstić information content (AvgIpc) is 2.68. The Morgan fingerprint density at radius 1 is 1.04 bits per heavy atom. The first-order chi connectivity index (χ1) is 12.7. The van der Waals surface area contributed by atoms with Gasteiger partial charge in [-0.1, -0.05) is 42.5 Å². The molecule has 130 valence electrons. The molecule has 0 aliphatic heterocycles. The van der Waals surface area contributed by atoms with Crippen molar-refractivity contribution in [1.82, 2.24) is 5.43 Å². The van der Waals surface area contributed by atoms with Gasteiger partial charge in [-0.3, -0.25) is 5.43 Å². The van der Waals surface area contributed by atoms with Crippen LogP contribution in [0.25, 0.3) is 10.8 Å². The van der Waals surface area contributed by atoms with E-state index in [1.54, 1.807) is 30.5 Å². The standard InChI is InChI=1S/C20H17N3O2S/c1-25-19(24)15-9-11-17(12-10-15)22-20(26)23-21-13-16-7-4-6-14-5-2-3-8-18(14)16/h2-13H,1H3,(H2,22,23,26)/b21-13-. The number of nitrogens with one attached hydrogen (secondary N) is 2. The first kappa shape index (κ1) is 17.6. The number of hydrogen-bond donors (Lipinski definition) is 2. The maximum Gasteiger partial charge on any atom is 0.337 e. The minimum absolute atomic E-state index is 0.354. The van der Waals surface area contributed by atoms with Crippen molar-refractivity contribution in [2.45, 2.75) is 0 Å². The number of anilines is 1. The third-order valence-electron chi connectivity index (χ3n) is 3.76. The molecule has 3 rings (SSSR count). The molecule has 0 fully saturated rings. The monoisotopic (exact) mass is 363 g/mol. The summed E-state index contributed by atoms with van der Waals surface area (Å²) in [5, 5.41) is 9.83. The molecule has 26 heavy (non-hydrogen) atoms. The van der Waals surface area contributed by atoms with Crippen LogP contribution in [-0.2, 0) is 4.74 Å². The third-order valence-corrected chi connectivity index (χ3v) is 3.95. The molecule has 0 aromatic heterocycles. The van der Waals surface area contributed by atoms with E-state index >= 15 is 0 Å². The summed E-state index contributed by atoms with van der Waals surface area (Å²) in [5.41, 5.74) is 5.02. The molecule has 0 aliphatic rings. The predicted molar refractivity (Wildman–Crippen MR) is 109 cm³/mol. The van der Waals surface area contributed by atoms with Crippen LogP contribution in [0.1, 0.15) is 15.9 Å². The lowest BCUT2D eigenvalue weighted by molar-refractivity contribution is 0.0601. The van der Waals surface area contributed by atoms with Crippen LogP contribution in [0.5, 0.6) is 0 Å². The molecule has 0 saturated heterocycles. The molecule has 0 atom stereocenters. The van der Waals surface area contributed by atoms with Crippen molar-refractivity contribution in [2.24, 2.45) is 5.10 Å². The summed E-state index contributed by atoms with van der Waals surface area (Å²) < 4.78 is 4.67. The molecule has 0 spiro atoms. The summed E-state index contributed by atoms with van der Waals surface area (Å²) in [4.78, 5) is 11.4. The third kappa shape index (κ3) is 4.23. The SMILES string of the molecule is COC(=O)c1ccc(NC(=S)N/N=C\c2cccc3ccccc23)cc1. The average molecular weight is 363 g/mol. The van der Waals surface area contributed by atoms with Crippen molar-refractivity contribution in [3.05, 3.63) is 77.9 Å². The second-order valence-corrected chi connectivity index (χ2v) is 5.87. The van der Waals surface area contributed by atoms with Gasteiger partial charge in [0.25, 0.3) is 0 Å². The van der Waals surface area contributed by atoms with Crippen LogP contribution in [-0.4, -0.2) is 24.4 Å². The maximum absolute atomic E-state index is 11.4. The van der Waals surface area contributed by atoms with E-state index in [0.717, 1.165) is 22.0 Å². The minimum atomic E-state index is -0.378. The van der Waals surface area contributed by atoms with Gasteiger partial charge in [0, 0.05) is 11.3 Å². The highest BCUT2D eigenvalue weighted by Gasteiger charge is 2.04. The zero-order valence-electron chi connectivity index (χ0n) is 14.1. The van der Waals surface area contributed by atoms with Gasteiger partial charge in [0.15, 0.2) is 5.11 Å². The molecule has 0 radical (unpaired) electrons. The smallest absolute Gasteiger partial charge is 0.337 e. The number of hydrogen-bond acceptors (Lipinski definition) is 4. The lowest BCUT2D eigenvalue weighted by atomic mass is 10.1. The second-order valence-electron chi connectivity index (χ2n) is 5.46. The van der Waals surface area contributed by atoms with Crippen LogP contribution in [0, 0.1) is 0 Å². The van der Waals surface area contributed by atoms with E-state index in [2.05, 4.69) is 38.8 Å². The summed E-state index contributed by atoms with van der Waals surface area (Å²) >= 11 is 5.23. The van der Waals surface area contributed by atoms with E-state index in [4.69, 9.17) is 12.2 Å². The minimum Gasteiger partial charge on any atom is -0.465 e. The largest absolute Gasteiger partial charge is 0.465 e. The number of benzene rings is 3. The number of nitrogens with zero attached hydrogens (tertiary/aromatic N) is 1. The Hall–Kier alpha value is -3.25. The molecule has 0 unspecified atom stereocenters. The van der Waals surface area contributed by atoms with Gasteiger partial charge in [-0.2, -0.15) is 5.10 Å². The zero-order valence-corrected chi connectivity index (χ0v) is 14.9. The molecule has 3 aromatic rings. The molecule has 0 saturated carbocycles. The molecule has 0 heterocycles. The van der Waals surface area contributed by atoms with E-state index in [-0.39, 0.29) is 5.97 Å². The lowest BCUT2D eigenvalue weighted by Gasteiger charge is -2.07. The Bertz CT molecular complexity index is 963. The van der Waals surface area contributed by atoms with Crippen LogP contribution in [0.4, 0.5) is 5.69 Å². The predicted octanol–water partition coefficient (Wildman–Crippen LogP) is 3.95. The van der Waals surface area contributed by atoms with Crippen LogP contribution < -0.4 is 10.7 Å². The molecular weight excluding hydrogens is 346 g/mol. The van der Waals surface area contributed by atoms with Crippen molar-refractivity contribution in [3.8, 4) is 0 Å². The van der Waals surface area contributed by atoms with E-state index in [0.29, 0.717) is 10.7 Å². The first-order valence-corrected chi connectivity index (χ1v) is 8.34. The first-order valence-electron chi connectivity index (χ1n) is 7.93. The highest BCUT2D eigenvalue weighted by atomic mass is 32.1. The van der Waals surface area contributed by atoms with Crippen molar-refractivity contribution < 1.29 is 9.53 Å². The van der Waals surface area contributed by atoms with Gasteiger partial charge in [0.2, 0.25) is 0 Å². The topological polar surface area (TPSA) is 62.7 Å². The molecule has 0 bridgehead atoms. The summed E-state index contributed by atoms with van der Waals surface area (Å²) in [5.74, 6) is -0.378. The summed E-state index contributed by atoms with van der Waals surface area (Å²) in [6.45, 7) is 0. The van der Waals surface area contributed by atoms with E-state index in [1.807, 2.05) is 24.3 Å². The Morgan fingerprint density at radius 2 is 1.77 bits per heavy atom. The van der Waals surface area contributed by atoms with Gasteiger partial charge in [0.05, 0.1) is 18.9 Å². The molecule has 6 heteroatoms. The number of carbonyl (C=O) groups excluding carboxylic acids is 1. The van der Waals surface area contributed by atoms with Gasteiger partial charge in [-0.15, -0.1) is 0 Å². The Kier molecular flexibility index (Phi) is 5.56. The van der Waals surface area contributed by atoms with Crippen molar-refractivity contribution in [3.63, 3.8) is 0 Å². The highest BCUT2D eigenvalue weighted by Crippen LogP contribution is 2.16. The lowest BCUT2D eigenvalue weighted by Crippen LogP contribution is -2.23. The summed E-state index contributed by atoms with van der Waals surface area (Å²) in [7, 11) is 1.35. The van der Waals surface area contributed by atoms with Crippen molar-refractivity contribution in [1.29, 1.82) is 0 Å². The number of hydrazone groups is 1. The number of ether oxygens (including phenoxy) is 1. The number of fused-ring (bicyclic) bond motifs is 1. The summed E-state index contributed by atoms with van der Waals surface area (Å²) in [6.07, 6.45) is 1.73.